The highest BCUT2D eigenvalue weighted by Gasteiger charge is 2.24. The highest BCUT2D eigenvalue weighted by atomic mass is 15.3. The molecule has 0 saturated heterocycles. The van der Waals surface area contributed by atoms with Gasteiger partial charge in [-0.2, -0.15) is 5.10 Å². The predicted octanol–water partition coefficient (Wildman–Crippen LogP) is 3.38. The van der Waals surface area contributed by atoms with E-state index < -0.39 is 0 Å². The summed E-state index contributed by atoms with van der Waals surface area (Å²) >= 11 is 0. The molecule has 0 spiro atoms. The molecule has 2 heterocycles. The Balaban J connectivity index is 2.57. The van der Waals surface area contributed by atoms with Gasteiger partial charge in [-0.15, -0.1) is 0 Å². The van der Waals surface area contributed by atoms with Crippen molar-refractivity contribution in [1.82, 2.24) is 14.7 Å². The molecule has 1 aromatic rings. The van der Waals surface area contributed by atoms with Crippen LogP contribution in [-0.2, 0) is 0 Å². The Hall–Kier alpha value is -1.51. The van der Waals surface area contributed by atoms with Gasteiger partial charge >= 0.3 is 0 Å². The zero-order valence-corrected chi connectivity index (χ0v) is 11.4. The Labute approximate surface area is 103 Å². The van der Waals surface area contributed by atoms with Crippen molar-refractivity contribution in [2.45, 2.75) is 33.7 Å². The second kappa shape index (κ2) is 4.06. The summed E-state index contributed by atoms with van der Waals surface area (Å²) in [7, 11) is 2.03. The average Bonchev–Trinajstić information content (AvgIpc) is 2.67. The molecule has 0 fully saturated rings. The van der Waals surface area contributed by atoms with Gasteiger partial charge in [-0.1, -0.05) is 20.4 Å². The number of allylic oxidation sites excluding steroid dienone is 1. The van der Waals surface area contributed by atoms with Crippen LogP contribution in [0.1, 0.15) is 45.0 Å². The number of nitrogens with zero attached hydrogens (tertiary/aromatic N) is 3. The van der Waals surface area contributed by atoms with Gasteiger partial charge < -0.3 is 4.90 Å². The fraction of sp³-hybridized carbons (Fsp3) is 0.500. The van der Waals surface area contributed by atoms with Crippen LogP contribution in [0.2, 0.25) is 0 Å². The van der Waals surface area contributed by atoms with Crippen LogP contribution in [0.3, 0.4) is 0 Å². The van der Waals surface area contributed by atoms with Crippen molar-refractivity contribution in [1.29, 1.82) is 0 Å². The van der Waals surface area contributed by atoms with E-state index in [2.05, 4.69) is 56.7 Å². The van der Waals surface area contributed by atoms with Crippen molar-refractivity contribution < 1.29 is 0 Å². The standard InChI is InChI=1S/C14H21N3/c1-9(2)12-7-16(6)11(5)14-13(12)8-17(15-14)10(3)4/h7-10H,5H2,1-4,6H3. The summed E-state index contributed by atoms with van der Waals surface area (Å²) in [6, 6.07) is 0.382. The summed E-state index contributed by atoms with van der Waals surface area (Å²) in [5, 5.41) is 4.65. The molecule has 2 rings (SSSR count). The third-order valence-electron chi connectivity index (χ3n) is 3.23. The fourth-order valence-electron chi connectivity index (χ4n) is 2.06. The Morgan fingerprint density at radius 3 is 2.41 bits per heavy atom. The summed E-state index contributed by atoms with van der Waals surface area (Å²) in [5.41, 5.74) is 4.56. The summed E-state index contributed by atoms with van der Waals surface area (Å²) < 4.78 is 2.02. The van der Waals surface area contributed by atoms with Crippen LogP contribution in [0.25, 0.3) is 11.3 Å². The quantitative estimate of drug-likeness (QED) is 0.778. The molecule has 0 N–H and O–H groups in total. The minimum absolute atomic E-state index is 0.382. The summed E-state index contributed by atoms with van der Waals surface area (Å²) in [5.74, 6) is 0.495. The molecule has 3 heteroatoms. The molecule has 0 unspecified atom stereocenters. The molecule has 0 bridgehead atoms. The summed E-state index contributed by atoms with van der Waals surface area (Å²) in [6.07, 6.45) is 4.31. The van der Waals surface area contributed by atoms with E-state index in [1.807, 2.05) is 11.7 Å². The SMILES string of the molecule is C=C1c2nn(C(C)C)cc2C(C(C)C)=CN1C. The van der Waals surface area contributed by atoms with Crippen molar-refractivity contribution in [2.75, 3.05) is 7.05 Å². The molecule has 1 aliphatic heterocycles. The van der Waals surface area contributed by atoms with Gasteiger partial charge in [0.1, 0.15) is 5.69 Å². The van der Waals surface area contributed by atoms with E-state index in [1.165, 1.54) is 11.1 Å². The minimum atomic E-state index is 0.382. The van der Waals surface area contributed by atoms with Gasteiger partial charge in [0.25, 0.3) is 0 Å². The molecule has 0 aliphatic carbocycles. The van der Waals surface area contributed by atoms with Crippen LogP contribution in [0.4, 0.5) is 0 Å². The smallest absolute Gasteiger partial charge is 0.116 e. The monoisotopic (exact) mass is 231 g/mol. The molecule has 0 atom stereocenters. The number of hydrogen-bond donors (Lipinski definition) is 0. The van der Waals surface area contributed by atoms with Gasteiger partial charge in [0.15, 0.2) is 0 Å². The van der Waals surface area contributed by atoms with E-state index in [-0.39, 0.29) is 0 Å². The molecular formula is C14H21N3. The third kappa shape index (κ3) is 1.90. The van der Waals surface area contributed by atoms with E-state index in [1.54, 1.807) is 0 Å². The Morgan fingerprint density at radius 1 is 1.24 bits per heavy atom. The molecular weight excluding hydrogens is 210 g/mol. The van der Waals surface area contributed by atoms with Crippen molar-refractivity contribution >= 4 is 11.3 Å². The fourth-order valence-corrected chi connectivity index (χ4v) is 2.06. The minimum Gasteiger partial charge on any atom is -0.349 e. The van der Waals surface area contributed by atoms with E-state index in [9.17, 15) is 0 Å². The van der Waals surface area contributed by atoms with Crippen LogP contribution in [0, 0.1) is 5.92 Å². The summed E-state index contributed by atoms with van der Waals surface area (Å²) in [6.45, 7) is 12.8. The van der Waals surface area contributed by atoms with E-state index in [0.29, 0.717) is 12.0 Å². The first-order valence-electron chi connectivity index (χ1n) is 6.15. The topological polar surface area (TPSA) is 21.1 Å². The molecule has 17 heavy (non-hydrogen) atoms. The Kier molecular flexibility index (Phi) is 2.86. The van der Waals surface area contributed by atoms with Gasteiger partial charge in [-0.05, 0) is 25.3 Å². The largest absolute Gasteiger partial charge is 0.349 e. The van der Waals surface area contributed by atoms with Crippen LogP contribution in [0.5, 0.6) is 0 Å². The molecule has 0 aromatic carbocycles. The lowest BCUT2D eigenvalue weighted by Gasteiger charge is -2.25. The van der Waals surface area contributed by atoms with Gasteiger partial charge in [-0.25, -0.2) is 0 Å². The number of rotatable bonds is 2. The van der Waals surface area contributed by atoms with E-state index in [0.717, 1.165) is 11.4 Å². The maximum absolute atomic E-state index is 4.65. The van der Waals surface area contributed by atoms with Crippen LogP contribution in [0.15, 0.2) is 19.0 Å². The molecule has 3 nitrogen and oxygen atoms in total. The van der Waals surface area contributed by atoms with Crippen LogP contribution in [-0.4, -0.2) is 21.7 Å². The second-order valence-corrected chi connectivity index (χ2v) is 5.26. The third-order valence-corrected chi connectivity index (χ3v) is 3.23. The maximum Gasteiger partial charge on any atom is 0.116 e. The lowest BCUT2D eigenvalue weighted by atomic mass is 9.93. The van der Waals surface area contributed by atoms with Gasteiger partial charge in [0.2, 0.25) is 0 Å². The lowest BCUT2D eigenvalue weighted by molar-refractivity contribution is 0.528. The van der Waals surface area contributed by atoms with Gasteiger partial charge in [0, 0.05) is 31.0 Å². The van der Waals surface area contributed by atoms with E-state index in [4.69, 9.17) is 0 Å². The molecule has 0 radical (unpaired) electrons. The van der Waals surface area contributed by atoms with Crippen molar-refractivity contribution in [2.24, 2.45) is 5.92 Å². The zero-order valence-electron chi connectivity index (χ0n) is 11.4. The van der Waals surface area contributed by atoms with E-state index >= 15 is 0 Å². The highest BCUT2D eigenvalue weighted by molar-refractivity contribution is 5.81. The first-order valence-corrected chi connectivity index (χ1v) is 6.15. The second-order valence-electron chi connectivity index (χ2n) is 5.26. The maximum atomic E-state index is 4.65. The first kappa shape index (κ1) is 12.0. The Bertz CT molecular complexity index is 478. The van der Waals surface area contributed by atoms with Crippen molar-refractivity contribution in [3.05, 3.63) is 30.2 Å². The zero-order chi connectivity index (χ0) is 12.7. The van der Waals surface area contributed by atoms with Gasteiger partial charge in [-0.3, -0.25) is 4.68 Å². The van der Waals surface area contributed by atoms with Crippen molar-refractivity contribution in [3.63, 3.8) is 0 Å². The predicted molar refractivity (Wildman–Crippen MR) is 72.2 cm³/mol. The van der Waals surface area contributed by atoms with Gasteiger partial charge in [0.05, 0.1) is 5.70 Å². The van der Waals surface area contributed by atoms with Crippen molar-refractivity contribution in [3.8, 4) is 0 Å². The Morgan fingerprint density at radius 2 is 1.88 bits per heavy atom. The molecule has 0 amide bonds. The number of fused-ring (bicyclic) bond motifs is 1. The number of hydrogen-bond acceptors (Lipinski definition) is 2. The number of aromatic nitrogens is 2. The average molecular weight is 231 g/mol. The lowest BCUT2D eigenvalue weighted by Crippen LogP contribution is -2.16. The highest BCUT2D eigenvalue weighted by Crippen LogP contribution is 2.35. The molecule has 1 aromatic heterocycles. The summed E-state index contributed by atoms with van der Waals surface area (Å²) in [4.78, 5) is 2.06. The van der Waals surface area contributed by atoms with Crippen LogP contribution < -0.4 is 0 Å². The molecule has 1 aliphatic rings. The normalized spacial score (nSPS) is 15.6. The van der Waals surface area contributed by atoms with Crippen LogP contribution >= 0.6 is 0 Å². The molecule has 0 saturated carbocycles. The first-order chi connectivity index (χ1) is 7.91. The molecule has 92 valence electrons.